The molecule has 0 amide bonds. The minimum atomic E-state index is -0.476. The van der Waals surface area contributed by atoms with Gasteiger partial charge < -0.3 is 23.7 Å². The number of hydrogen-bond acceptors (Lipinski definition) is 6. The highest BCUT2D eigenvalue weighted by Crippen LogP contribution is 1.84. The lowest BCUT2D eigenvalue weighted by Gasteiger charge is -2.07. The highest BCUT2D eigenvalue weighted by Gasteiger charge is 1.95. The van der Waals surface area contributed by atoms with Gasteiger partial charge in [-0.1, -0.05) is 6.58 Å². The minimum absolute atomic E-state index is 0.110. The number of carbonyl (C=O) groups excluding carboxylic acids is 1. The van der Waals surface area contributed by atoms with E-state index in [9.17, 15) is 9.18 Å². The molecule has 0 aliphatic carbocycles. The summed E-state index contributed by atoms with van der Waals surface area (Å²) in [6.07, 6.45) is 1.10. The number of carbonyl (C=O) groups is 1. The van der Waals surface area contributed by atoms with Crippen molar-refractivity contribution in [3.8, 4) is 0 Å². The minimum Gasteiger partial charge on any atom is -0.460 e. The maximum absolute atomic E-state index is 11.7. The fourth-order valence-electron chi connectivity index (χ4n) is 1.08. The molecule has 0 unspecified atom stereocenters. The van der Waals surface area contributed by atoms with Crippen molar-refractivity contribution in [2.24, 2.45) is 0 Å². The molecule has 0 bridgehead atoms. The molecule has 0 heterocycles. The Morgan fingerprint density at radius 2 is 1.20 bits per heavy atom. The van der Waals surface area contributed by atoms with Gasteiger partial charge in [-0.2, -0.15) is 0 Å². The molecule has 0 spiro atoms. The van der Waals surface area contributed by atoms with Crippen molar-refractivity contribution in [3.63, 3.8) is 0 Å². The van der Waals surface area contributed by atoms with Crippen LogP contribution < -0.4 is 0 Å². The van der Waals surface area contributed by atoms with Gasteiger partial charge in [-0.15, -0.1) is 0 Å². The van der Waals surface area contributed by atoms with E-state index in [1.807, 2.05) is 0 Å². The Morgan fingerprint density at radius 3 is 1.60 bits per heavy atom. The topological polar surface area (TPSA) is 63.2 Å². The van der Waals surface area contributed by atoms with Gasteiger partial charge in [0.1, 0.15) is 13.3 Å². The zero-order chi connectivity index (χ0) is 14.9. The molecule has 7 heteroatoms. The van der Waals surface area contributed by atoms with Gasteiger partial charge in [0, 0.05) is 6.08 Å². The van der Waals surface area contributed by atoms with E-state index in [-0.39, 0.29) is 13.2 Å². The van der Waals surface area contributed by atoms with Crippen LogP contribution in [0, 0.1) is 0 Å². The van der Waals surface area contributed by atoms with Gasteiger partial charge >= 0.3 is 5.97 Å². The number of ether oxygens (including phenoxy) is 5. The van der Waals surface area contributed by atoms with Crippen LogP contribution in [0.3, 0.4) is 0 Å². The van der Waals surface area contributed by atoms with Crippen LogP contribution in [0.25, 0.3) is 0 Å². The van der Waals surface area contributed by atoms with Gasteiger partial charge in [0.2, 0.25) is 0 Å². The van der Waals surface area contributed by atoms with Crippen molar-refractivity contribution in [3.05, 3.63) is 12.7 Å². The molecular weight excluding hydrogens is 271 g/mol. The average molecular weight is 294 g/mol. The molecule has 0 aliphatic rings. The van der Waals surface area contributed by atoms with Crippen LogP contribution in [0.1, 0.15) is 0 Å². The molecule has 0 aromatic rings. The predicted molar refractivity (Wildman–Crippen MR) is 70.4 cm³/mol. The van der Waals surface area contributed by atoms with Crippen molar-refractivity contribution in [2.45, 2.75) is 0 Å². The van der Waals surface area contributed by atoms with Crippen LogP contribution >= 0.6 is 0 Å². The van der Waals surface area contributed by atoms with E-state index in [2.05, 4.69) is 6.58 Å². The lowest BCUT2D eigenvalue weighted by atomic mass is 10.6. The van der Waals surface area contributed by atoms with E-state index >= 15 is 0 Å². The van der Waals surface area contributed by atoms with E-state index in [0.29, 0.717) is 46.2 Å². The first-order valence-corrected chi connectivity index (χ1v) is 6.47. The number of hydrogen-bond donors (Lipinski definition) is 0. The number of alkyl halides is 1. The molecule has 0 N–H and O–H groups in total. The first-order valence-electron chi connectivity index (χ1n) is 6.47. The molecule has 20 heavy (non-hydrogen) atoms. The first-order chi connectivity index (χ1) is 9.81. The van der Waals surface area contributed by atoms with Crippen molar-refractivity contribution >= 4 is 5.97 Å². The smallest absolute Gasteiger partial charge is 0.330 e. The summed E-state index contributed by atoms with van der Waals surface area (Å²) in [4.78, 5) is 10.7. The van der Waals surface area contributed by atoms with Crippen molar-refractivity contribution in [1.29, 1.82) is 0 Å². The molecule has 0 saturated heterocycles. The number of rotatable bonds is 15. The zero-order valence-electron chi connectivity index (χ0n) is 11.7. The van der Waals surface area contributed by atoms with Crippen molar-refractivity contribution in [2.75, 3.05) is 66.1 Å². The molecule has 0 aromatic carbocycles. The standard InChI is InChI=1S/C13H23FO6/c1-2-13(15)20-12-11-19-10-9-18-8-7-17-6-5-16-4-3-14/h2H,1,3-12H2. The number of halogens is 1. The maximum atomic E-state index is 11.7. The van der Waals surface area contributed by atoms with Crippen molar-refractivity contribution in [1.82, 2.24) is 0 Å². The van der Waals surface area contributed by atoms with E-state index in [0.717, 1.165) is 6.08 Å². The second-order valence-corrected chi connectivity index (χ2v) is 3.51. The Labute approximate surface area is 118 Å². The van der Waals surface area contributed by atoms with Gasteiger partial charge in [0.15, 0.2) is 0 Å². The van der Waals surface area contributed by atoms with E-state index in [4.69, 9.17) is 23.7 Å². The molecule has 0 atom stereocenters. The summed E-state index contributed by atoms with van der Waals surface area (Å²) in [5.41, 5.74) is 0. The quantitative estimate of drug-likeness (QED) is 0.252. The fourth-order valence-corrected chi connectivity index (χ4v) is 1.08. The van der Waals surface area contributed by atoms with Crippen LogP contribution in [0.5, 0.6) is 0 Å². The van der Waals surface area contributed by atoms with Crippen LogP contribution in [-0.4, -0.2) is 72.1 Å². The summed E-state index contributed by atoms with van der Waals surface area (Å²) in [6, 6.07) is 0. The Kier molecular flexibility index (Phi) is 15.2. The Hall–Kier alpha value is -1.02. The Bertz CT molecular complexity index is 237. The molecule has 6 nitrogen and oxygen atoms in total. The molecule has 0 fully saturated rings. The van der Waals surface area contributed by atoms with Gasteiger partial charge in [-0.3, -0.25) is 0 Å². The second-order valence-electron chi connectivity index (χ2n) is 3.51. The van der Waals surface area contributed by atoms with Crippen LogP contribution in [0.2, 0.25) is 0 Å². The highest BCUT2D eigenvalue weighted by molar-refractivity contribution is 5.81. The summed E-state index contributed by atoms with van der Waals surface area (Å²) < 4.78 is 36.8. The SMILES string of the molecule is C=CC(=O)OCCOCCOCCOCCOCCF. The van der Waals surface area contributed by atoms with Gasteiger partial charge in [0.05, 0.1) is 52.9 Å². The summed E-state index contributed by atoms with van der Waals surface area (Å²) in [6.45, 7) is 6.02. The Morgan fingerprint density at radius 1 is 0.800 bits per heavy atom. The third-order valence-electron chi connectivity index (χ3n) is 1.98. The normalized spacial score (nSPS) is 10.4. The summed E-state index contributed by atoms with van der Waals surface area (Å²) >= 11 is 0. The molecule has 0 rings (SSSR count). The van der Waals surface area contributed by atoms with Crippen LogP contribution in [-0.2, 0) is 28.5 Å². The fraction of sp³-hybridized carbons (Fsp3) is 0.769. The molecular formula is C13H23FO6. The summed E-state index contributed by atoms with van der Waals surface area (Å²) in [7, 11) is 0. The van der Waals surface area contributed by atoms with Gasteiger partial charge in [0.25, 0.3) is 0 Å². The van der Waals surface area contributed by atoms with Crippen LogP contribution in [0.15, 0.2) is 12.7 Å². The molecule has 0 aromatic heterocycles. The third kappa shape index (κ3) is 15.0. The second kappa shape index (κ2) is 16.0. The van der Waals surface area contributed by atoms with Crippen LogP contribution in [0.4, 0.5) is 4.39 Å². The molecule has 0 aliphatic heterocycles. The van der Waals surface area contributed by atoms with E-state index < -0.39 is 12.6 Å². The largest absolute Gasteiger partial charge is 0.460 e. The Balaban J connectivity index is 2.99. The lowest BCUT2D eigenvalue weighted by Crippen LogP contribution is -2.14. The summed E-state index contributed by atoms with van der Waals surface area (Å²) in [5, 5.41) is 0. The van der Waals surface area contributed by atoms with E-state index in [1.165, 1.54) is 0 Å². The summed E-state index contributed by atoms with van der Waals surface area (Å²) in [5.74, 6) is -0.461. The monoisotopic (exact) mass is 294 g/mol. The molecule has 118 valence electrons. The predicted octanol–water partition coefficient (Wildman–Crippen LogP) is 0.751. The van der Waals surface area contributed by atoms with Gasteiger partial charge in [-0.05, 0) is 0 Å². The molecule has 0 saturated carbocycles. The highest BCUT2D eigenvalue weighted by atomic mass is 19.1. The van der Waals surface area contributed by atoms with Crippen molar-refractivity contribution < 1.29 is 32.9 Å². The zero-order valence-corrected chi connectivity index (χ0v) is 11.7. The lowest BCUT2D eigenvalue weighted by molar-refractivity contribution is -0.139. The first kappa shape index (κ1) is 19.0. The third-order valence-corrected chi connectivity index (χ3v) is 1.98. The average Bonchev–Trinajstić information content (AvgIpc) is 2.47. The van der Waals surface area contributed by atoms with Gasteiger partial charge in [-0.25, -0.2) is 9.18 Å². The van der Waals surface area contributed by atoms with E-state index in [1.54, 1.807) is 0 Å². The molecule has 0 radical (unpaired) electrons. The number of esters is 1. The maximum Gasteiger partial charge on any atom is 0.330 e.